The smallest absolute Gasteiger partial charge is 0.0785 e. The van der Waals surface area contributed by atoms with Crippen LogP contribution in [0.5, 0.6) is 0 Å². The highest BCUT2D eigenvalue weighted by Crippen LogP contribution is 2.28. The van der Waals surface area contributed by atoms with E-state index in [9.17, 15) is 4.39 Å². The van der Waals surface area contributed by atoms with Crippen molar-refractivity contribution >= 4 is 0 Å². The second-order valence-corrected chi connectivity index (χ2v) is 3.16. The monoisotopic (exact) mass is 184 g/mol. The van der Waals surface area contributed by atoms with Crippen molar-refractivity contribution in [1.82, 2.24) is 0 Å². The molecule has 0 bridgehead atoms. The van der Waals surface area contributed by atoms with Crippen LogP contribution in [0.25, 0.3) is 0 Å². The Bertz CT molecular complexity index is 178. The number of allylic oxidation sites excluding steroid dienone is 4. The minimum absolute atomic E-state index is 0.500. The Morgan fingerprint density at radius 2 is 1.69 bits per heavy atom. The summed E-state index contributed by atoms with van der Waals surface area (Å²) < 4.78 is 9.50. The average Bonchev–Trinajstić information content (AvgIpc) is 2.22. The first-order valence-corrected chi connectivity index (χ1v) is 5.11. The molecule has 1 rings (SSSR count). The molecule has 0 heterocycles. The fourth-order valence-corrected chi connectivity index (χ4v) is 1.76. The lowest BCUT2D eigenvalue weighted by Crippen LogP contribution is -1.97. The predicted octanol–water partition coefficient (Wildman–Crippen LogP) is 4.43. The van der Waals surface area contributed by atoms with Gasteiger partial charge in [0, 0.05) is 0 Å². The zero-order chi connectivity index (χ0) is 10.1. The molecule has 1 aliphatic carbocycles. The molecule has 1 aliphatic rings. The number of rotatable bonds is 1. The van der Waals surface area contributed by atoms with Gasteiger partial charge in [0.2, 0.25) is 0 Å². The van der Waals surface area contributed by atoms with Gasteiger partial charge in [-0.3, -0.25) is 4.39 Å². The lowest BCUT2D eigenvalue weighted by molar-refractivity contribution is 0.636. The predicted molar refractivity (Wildman–Crippen MR) is 57.6 cm³/mol. The maximum absolute atomic E-state index is 9.50. The summed E-state index contributed by atoms with van der Waals surface area (Å²) in [6, 6.07) is 0. The summed E-state index contributed by atoms with van der Waals surface area (Å²) in [4.78, 5) is 0. The highest BCUT2D eigenvalue weighted by molar-refractivity contribution is 5.31. The molecule has 0 amide bonds. The lowest BCUT2D eigenvalue weighted by Gasteiger charge is -2.17. The second kappa shape index (κ2) is 8.03. The number of hydrogen-bond acceptors (Lipinski definition) is 0. The topological polar surface area (TPSA) is 0 Å². The van der Waals surface area contributed by atoms with Gasteiger partial charge in [-0.15, -0.1) is 0 Å². The van der Waals surface area contributed by atoms with Crippen LogP contribution in [0.15, 0.2) is 23.3 Å². The van der Waals surface area contributed by atoms with Crippen molar-refractivity contribution in [1.29, 1.82) is 0 Å². The van der Waals surface area contributed by atoms with Gasteiger partial charge in [-0.2, -0.15) is 0 Å². The first-order chi connectivity index (χ1) is 6.38. The molecule has 0 aromatic heterocycles. The van der Waals surface area contributed by atoms with Crippen LogP contribution in [0, 0.1) is 0 Å². The molecule has 0 atom stereocenters. The summed E-state index contributed by atoms with van der Waals surface area (Å²) in [6.07, 6.45) is 11.3. The molecule has 76 valence electrons. The maximum atomic E-state index is 9.50. The molecule has 0 aromatic rings. The van der Waals surface area contributed by atoms with Gasteiger partial charge < -0.3 is 0 Å². The summed E-state index contributed by atoms with van der Waals surface area (Å²) in [6.45, 7) is 4.37. The van der Waals surface area contributed by atoms with Gasteiger partial charge in [0.25, 0.3) is 0 Å². The van der Waals surface area contributed by atoms with E-state index in [4.69, 9.17) is 0 Å². The molecule has 1 fully saturated rings. The lowest BCUT2D eigenvalue weighted by atomic mass is 9.89. The van der Waals surface area contributed by atoms with Gasteiger partial charge in [0.05, 0.1) is 7.18 Å². The van der Waals surface area contributed by atoms with Gasteiger partial charge >= 0.3 is 0 Å². The highest BCUT2D eigenvalue weighted by Gasteiger charge is 2.08. The third-order valence-corrected chi connectivity index (χ3v) is 2.35. The Morgan fingerprint density at radius 1 is 1.15 bits per heavy atom. The van der Waals surface area contributed by atoms with Gasteiger partial charge in [-0.25, -0.2) is 0 Å². The van der Waals surface area contributed by atoms with Crippen molar-refractivity contribution in [2.75, 3.05) is 7.18 Å². The first kappa shape index (κ1) is 12.4. The van der Waals surface area contributed by atoms with Crippen molar-refractivity contribution in [3.05, 3.63) is 23.3 Å². The van der Waals surface area contributed by atoms with E-state index in [-0.39, 0.29) is 0 Å². The van der Waals surface area contributed by atoms with Gasteiger partial charge in [0.1, 0.15) is 0 Å². The Hall–Kier alpha value is -0.590. The van der Waals surface area contributed by atoms with E-state index in [1.807, 2.05) is 0 Å². The van der Waals surface area contributed by atoms with E-state index in [2.05, 4.69) is 26.0 Å². The minimum atomic E-state index is 0.500. The Kier molecular flexibility index (Phi) is 7.66. The molecule has 0 aromatic carbocycles. The Labute approximate surface area is 81.5 Å². The molecule has 0 nitrogen and oxygen atoms in total. The van der Waals surface area contributed by atoms with Gasteiger partial charge in [0.15, 0.2) is 0 Å². The minimum Gasteiger partial charge on any atom is -0.255 e. The van der Waals surface area contributed by atoms with Crippen LogP contribution in [0.2, 0.25) is 0 Å². The van der Waals surface area contributed by atoms with Crippen LogP contribution in [0.4, 0.5) is 4.39 Å². The summed E-state index contributed by atoms with van der Waals surface area (Å²) in [5.74, 6) is 0. The van der Waals surface area contributed by atoms with Crippen LogP contribution in [-0.2, 0) is 0 Å². The summed E-state index contributed by atoms with van der Waals surface area (Å²) in [7, 11) is 0.500. The van der Waals surface area contributed by atoms with E-state index in [1.54, 1.807) is 11.1 Å². The van der Waals surface area contributed by atoms with Crippen molar-refractivity contribution in [2.24, 2.45) is 0 Å². The van der Waals surface area contributed by atoms with Crippen molar-refractivity contribution in [2.45, 2.75) is 46.0 Å². The number of alkyl halides is 1. The summed E-state index contributed by atoms with van der Waals surface area (Å²) in [5, 5.41) is 0. The molecule has 0 unspecified atom stereocenters. The van der Waals surface area contributed by atoms with Crippen molar-refractivity contribution in [3.63, 3.8) is 0 Å². The normalized spacial score (nSPS) is 22.8. The third-order valence-electron chi connectivity index (χ3n) is 2.35. The average molecular weight is 184 g/mol. The standard InChI is InChI=1S/C11H18.CH3F/c1-3-7-11-9-6-5-8-10(11)4-2;1-2/h4,7H,3,5-6,8-9H2,1-2H3;1H3/b10-4-,11-7-;. The molecule has 0 saturated heterocycles. The van der Waals surface area contributed by atoms with Crippen LogP contribution >= 0.6 is 0 Å². The fraction of sp³-hybridized carbons (Fsp3) is 0.667. The van der Waals surface area contributed by atoms with Crippen LogP contribution < -0.4 is 0 Å². The van der Waals surface area contributed by atoms with Crippen LogP contribution in [0.3, 0.4) is 0 Å². The zero-order valence-corrected chi connectivity index (χ0v) is 9.07. The molecule has 0 spiro atoms. The highest BCUT2D eigenvalue weighted by atomic mass is 19.1. The van der Waals surface area contributed by atoms with Gasteiger partial charge in [-0.1, -0.05) is 19.1 Å². The fourth-order valence-electron chi connectivity index (χ4n) is 1.76. The van der Waals surface area contributed by atoms with Crippen molar-refractivity contribution < 1.29 is 4.39 Å². The molecular weight excluding hydrogens is 163 g/mol. The SMILES string of the molecule is C/C=C1/CCCC/C1=C/CC.CF. The molecule has 1 saturated carbocycles. The Balaban J connectivity index is 0.000000671. The molecule has 0 N–H and O–H groups in total. The maximum Gasteiger partial charge on any atom is 0.0785 e. The zero-order valence-electron chi connectivity index (χ0n) is 9.07. The third kappa shape index (κ3) is 4.25. The second-order valence-electron chi connectivity index (χ2n) is 3.16. The molecule has 0 radical (unpaired) electrons. The molecule has 0 aliphatic heterocycles. The van der Waals surface area contributed by atoms with Crippen LogP contribution in [-0.4, -0.2) is 7.18 Å². The summed E-state index contributed by atoms with van der Waals surface area (Å²) >= 11 is 0. The van der Waals surface area contributed by atoms with E-state index in [0.29, 0.717) is 7.18 Å². The van der Waals surface area contributed by atoms with E-state index in [1.165, 1.54) is 32.1 Å². The first-order valence-electron chi connectivity index (χ1n) is 5.11. The number of hydrogen-bond donors (Lipinski definition) is 0. The number of halogens is 1. The largest absolute Gasteiger partial charge is 0.255 e. The van der Waals surface area contributed by atoms with Gasteiger partial charge in [-0.05, 0) is 50.2 Å². The van der Waals surface area contributed by atoms with E-state index < -0.39 is 0 Å². The molecule has 1 heteroatoms. The Morgan fingerprint density at radius 3 is 2.15 bits per heavy atom. The summed E-state index contributed by atoms with van der Waals surface area (Å²) in [5.41, 5.74) is 3.21. The van der Waals surface area contributed by atoms with E-state index in [0.717, 1.165) is 0 Å². The van der Waals surface area contributed by atoms with E-state index >= 15 is 0 Å². The molecule has 13 heavy (non-hydrogen) atoms. The quantitative estimate of drug-likeness (QED) is 0.565. The van der Waals surface area contributed by atoms with Crippen molar-refractivity contribution in [3.8, 4) is 0 Å². The van der Waals surface area contributed by atoms with Crippen LogP contribution in [0.1, 0.15) is 46.0 Å². The molecular formula is C12H21F.